The van der Waals surface area contributed by atoms with Crippen LogP contribution >= 0.6 is 0 Å². The molecule has 85 heavy (non-hydrogen) atoms. The van der Waals surface area contributed by atoms with Gasteiger partial charge in [-0.3, -0.25) is 0 Å². The predicted octanol–water partition coefficient (Wildman–Crippen LogP) is 21.9. The van der Waals surface area contributed by atoms with Crippen LogP contribution in [0.25, 0.3) is 38.8 Å². The average Bonchev–Trinajstić information content (AvgIpc) is 1.72. The molecule has 0 fully saturated rings. The number of hydrogen-bond donors (Lipinski definition) is 0. The van der Waals surface area contributed by atoms with Gasteiger partial charge in [0.2, 0.25) is 0 Å². The molecule has 8 aromatic carbocycles. The van der Waals surface area contributed by atoms with Crippen LogP contribution in [0, 0.1) is 26.2 Å². The number of ether oxygens (including phenoxy) is 1. The minimum Gasteiger partial charge on any atom is -0.509 e. The predicted molar refractivity (Wildman–Crippen MR) is 357 cm³/mol. The van der Waals surface area contributed by atoms with Gasteiger partial charge in [-0.25, -0.2) is 4.98 Å². The molecule has 0 unspecified atom stereocenters. The standard InChI is InChI=1S/C78H83N4O.CH3.Pt/c1-50(2)64-29-24-30-65(51(3)4)73(64)52-39-60(47-63(40-52)83-62-33-34-66-67-44-55(74(5,6)7)31-35-68(67)82(70(66)48-62)72-46-57(37-38-79-72)76(11,12)13)81-49-80(69-36-32-56(45-71(69)81)75(8,9)10)61-42-58(77(14,15)53-25-20-18-21-26-53)41-59(43-61)78(16,17)54-27-22-19-23-28-54;;/h18-46,49-51H,1-17H3;1H3;/q-3;-1;+4. The van der Waals surface area contributed by atoms with E-state index in [9.17, 15) is 0 Å². The van der Waals surface area contributed by atoms with E-state index in [-0.39, 0.29) is 67.4 Å². The van der Waals surface area contributed by atoms with E-state index in [1.165, 1.54) is 55.6 Å². The summed E-state index contributed by atoms with van der Waals surface area (Å²) in [7, 11) is 0. The van der Waals surface area contributed by atoms with Crippen molar-refractivity contribution in [3.63, 3.8) is 0 Å². The summed E-state index contributed by atoms with van der Waals surface area (Å²) in [5.41, 5.74) is 19.0. The topological polar surface area (TPSA) is 33.5 Å². The largest absolute Gasteiger partial charge is 4.00 e. The summed E-state index contributed by atoms with van der Waals surface area (Å²) in [6.07, 6.45) is 1.94. The molecule has 1 aliphatic rings. The summed E-state index contributed by atoms with van der Waals surface area (Å²) in [6, 6.07) is 70.7. The first-order chi connectivity index (χ1) is 39.2. The Labute approximate surface area is 523 Å². The van der Waals surface area contributed by atoms with Crippen LogP contribution in [0.2, 0.25) is 0 Å². The molecule has 0 bridgehead atoms. The molecule has 6 heteroatoms. The van der Waals surface area contributed by atoms with E-state index in [1.807, 2.05) is 6.20 Å². The third kappa shape index (κ3) is 11.9. The molecular weight excluding hydrogens is 1220 g/mol. The zero-order chi connectivity index (χ0) is 59.1. The van der Waals surface area contributed by atoms with Gasteiger partial charge in [-0.15, -0.1) is 53.6 Å². The molecule has 0 atom stereocenters. The number of fused-ring (bicyclic) bond motifs is 4. The third-order valence-electron chi connectivity index (χ3n) is 17.5. The maximum absolute atomic E-state index is 7.26. The van der Waals surface area contributed by atoms with Crippen LogP contribution in [0.3, 0.4) is 0 Å². The molecule has 1 aliphatic heterocycles. The normalized spacial score (nSPS) is 13.2. The van der Waals surface area contributed by atoms with E-state index in [0.29, 0.717) is 11.5 Å². The van der Waals surface area contributed by atoms with Crippen molar-refractivity contribution in [2.45, 2.75) is 157 Å². The zero-order valence-electron chi connectivity index (χ0n) is 53.5. The summed E-state index contributed by atoms with van der Waals surface area (Å²) in [6.45, 7) is 41.4. The van der Waals surface area contributed by atoms with Crippen molar-refractivity contribution >= 4 is 44.6 Å². The second-order valence-corrected chi connectivity index (χ2v) is 28.0. The van der Waals surface area contributed by atoms with Crippen LogP contribution < -0.4 is 14.5 Å². The summed E-state index contributed by atoms with van der Waals surface area (Å²) in [4.78, 5) is 9.78. The van der Waals surface area contributed by atoms with E-state index in [4.69, 9.17) is 9.72 Å². The van der Waals surface area contributed by atoms with Crippen molar-refractivity contribution in [2.75, 3.05) is 9.80 Å². The third-order valence-corrected chi connectivity index (χ3v) is 17.5. The summed E-state index contributed by atoms with van der Waals surface area (Å²) in [5, 5.41) is 2.25. The Bertz CT molecular complexity index is 3950. The Hall–Kier alpha value is -7.20. The van der Waals surface area contributed by atoms with Crippen molar-refractivity contribution in [2.24, 2.45) is 0 Å². The Morgan fingerprint density at radius 2 is 1.01 bits per heavy atom. The van der Waals surface area contributed by atoms with E-state index >= 15 is 0 Å². The number of nitrogens with zero attached hydrogens (tertiary/aromatic N) is 4. The molecule has 3 heterocycles. The fraction of sp³-hybridized carbons (Fsp3) is 0.304. The Morgan fingerprint density at radius 3 is 1.58 bits per heavy atom. The monoisotopic (exact) mass is 1300 g/mol. The number of pyridine rings is 1. The molecule has 0 saturated heterocycles. The number of rotatable bonds is 12. The first-order valence-electron chi connectivity index (χ1n) is 29.9. The second-order valence-electron chi connectivity index (χ2n) is 28.0. The molecular formula is C79H86N4OPt. The molecule has 0 spiro atoms. The van der Waals surface area contributed by atoms with Crippen LogP contribution in [0.4, 0.5) is 22.7 Å². The zero-order valence-corrected chi connectivity index (χ0v) is 55.8. The molecule has 0 amide bonds. The molecule has 438 valence electrons. The van der Waals surface area contributed by atoms with Crippen molar-refractivity contribution in [1.29, 1.82) is 0 Å². The van der Waals surface area contributed by atoms with E-state index in [1.54, 1.807) is 0 Å². The Kier molecular flexibility index (Phi) is 17.0. The number of hydrogen-bond acceptors (Lipinski definition) is 4. The molecule has 2 aromatic heterocycles. The molecule has 0 N–H and O–H groups in total. The maximum Gasteiger partial charge on any atom is 4.00 e. The molecule has 0 aliphatic carbocycles. The molecule has 0 radical (unpaired) electrons. The second kappa shape index (κ2) is 23.2. The van der Waals surface area contributed by atoms with E-state index in [0.717, 1.165) is 55.9 Å². The number of anilines is 4. The van der Waals surface area contributed by atoms with Gasteiger partial charge < -0.3 is 26.5 Å². The van der Waals surface area contributed by atoms with Crippen LogP contribution in [-0.4, -0.2) is 9.55 Å². The van der Waals surface area contributed by atoms with Crippen molar-refractivity contribution in [3.8, 4) is 28.4 Å². The van der Waals surface area contributed by atoms with Crippen molar-refractivity contribution in [3.05, 3.63) is 252 Å². The summed E-state index contributed by atoms with van der Waals surface area (Å²) >= 11 is 0. The number of benzene rings is 8. The number of aromatic nitrogens is 2. The van der Waals surface area contributed by atoms with Crippen molar-refractivity contribution < 1.29 is 25.8 Å². The minimum atomic E-state index is -0.305. The first-order valence-corrected chi connectivity index (χ1v) is 29.9. The SMILES string of the molecule is CC(C)c1cccc(C(C)C)c1-c1cc(Oc2[c-]c3c(cc2)c2cc(C(C)(C)C)ccc2n3-c2cc(C(C)(C)C)ccn2)[c-]c(N2[CH-]N(c3cc(C(C)(C)c4ccccc4)cc(C(C)(C)c4ccccc4)c3)c3ccc(C(C)(C)C)cc32)c1.[CH3-].[Pt+4]. The molecule has 5 nitrogen and oxygen atoms in total. The van der Waals surface area contributed by atoms with Gasteiger partial charge in [-0.05, 0) is 132 Å². The van der Waals surface area contributed by atoms with Crippen LogP contribution in [0.1, 0.15) is 180 Å². The van der Waals surface area contributed by atoms with Crippen LogP contribution in [0.5, 0.6) is 11.5 Å². The van der Waals surface area contributed by atoms with E-state index < -0.39 is 0 Å². The summed E-state index contributed by atoms with van der Waals surface area (Å²) in [5.74, 6) is 2.59. The smallest absolute Gasteiger partial charge is 0.509 e. The quantitative estimate of drug-likeness (QED) is 0.114. The fourth-order valence-electron chi connectivity index (χ4n) is 12.1. The molecule has 0 saturated carbocycles. The average molecular weight is 1300 g/mol. The Balaban J connectivity index is 0.00000432. The Morgan fingerprint density at radius 1 is 0.459 bits per heavy atom. The molecule has 11 rings (SSSR count). The first kappa shape index (κ1) is 62.3. The van der Waals surface area contributed by atoms with Crippen LogP contribution in [-0.2, 0) is 48.1 Å². The van der Waals surface area contributed by atoms with Gasteiger partial charge in [0, 0.05) is 51.1 Å². The van der Waals surface area contributed by atoms with Gasteiger partial charge in [0.05, 0.1) is 0 Å². The van der Waals surface area contributed by atoms with Gasteiger partial charge in [-0.1, -0.05) is 226 Å². The van der Waals surface area contributed by atoms with Gasteiger partial charge in [0.15, 0.2) is 0 Å². The van der Waals surface area contributed by atoms with Gasteiger partial charge in [0.25, 0.3) is 0 Å². The van der Waals surface area contributed by atoms with Crippen molar-refractivity contribution in [1.82, 2.24) is 9.55 Å². The van der Waals surface area contributed by atoms with Gasteiger partial charge >= 0.3 is 21.1 Å². The fourth-order valence-corrected chi connectivity index (χ4v) is 12.1. The summed E-state index contributed by atoms with van der Waals surface area (Å²) < 4.78 is 9.52. The van der Waals surface area contributed by atoms with Gasteiger partial charge in [-0.2, -0.15) is 6.07 Å². The van der Waals surface area contributed by atoms with Gasteiger partial charge in [0.1, 0.15) is 5.82 Å². The minimum absolute atomic E-state index is 0. The van der Waals surface area contributed by atoms with E-state index in [2.05, 4.69) is 321 Å². The maximum atomic E-state index is 7.26. The van der Waals surface area contributed by atoms with Crippen LogP contribution in [0.15, 0.2) is 176 Å². The molecule has 10 aromatic rings.